The van der Waals surface area contributed by atoms with Crippen molar-refractivity contribution < 1.29 is 33.0 Å². The highest BCUT2D eigenvalue weighted by Gasteiger charge is 2.46. The molecule has 0 radical (unpaired) electrons. The van der Waals surface area contributed by atoms with Crippen LogP contribution in [0.15, 0.2) is 23.8 Å². The summed E-state index contributed by atoms with van der Waals surface area (Å²) in [6.45, 7) is 7.56. The van der Waals surface area contributed by atoms with Crippen molar-refractivity contribution >= 4 is 5.97 Å². The fourth-order valence-corrected chi connectivity index (χ4v) is 4.87. The molecule has 1 aromatic carbocycles. The number of halogens is 2. The van der Waals surface area contributed by atoms with Gasteiger partial charge in [0.05, 0.1) is 6.61 Å². The number of fused-ring (bicyclic) bond motifs is 3. The first-order chi connectivity index (χ1) is 15.9. The first kappa shape index (κ1) is 25.9. The minimum atomic E-state index is -3.10. The van der Waals surface area contributed by atoms with Crippen molar-refractivity contribution in [2.24, 2.45) is 5.92 Å². The van der Waals surface area contributed by atoms with Crippen molar-refractivity contribution in [3.8, 4) is 11.5 Å². The molecule has 0 bridgehead atoms. The summed E-state index contributed by atoms with van der Waals surface area (Å²) >= 11 is 0. The molecule has 0 aromatic heterocycles. The minimum Gasteiger partial charge on any atom is -0.487 e. The van der Waals surface area contributed by atoms with Gasteiger partial charge >= 0.3 is 5.97 Å². The van der Waals surface area contributed by atoms with Crippen LogP contribution in [0.4, 0.5) is 8.78 Å². The van der Waals surface area contributed by atoms with Crippen LogP contribution in [-0.4, -0.2) is 23.3 Å². The molecule has 0 saturated carbocycles. The van der Waals surface area contributed by atoms with Crippen LogP contribution in [0.25, 0.3) is 0 Å². The number of esters is 1. The summed E-state index contributed by atoms with van der Waals surface area (Å²) in [6.07, 6.45) is 4.51. The van der Waals surface area contributed by atoms with Gasteiger partial charge in [0, 0.05) is 35.8 Å². The molecule has 2 atom stereocenters. The highest BCUT2D eigenvalue weighted by atomic mass is 19.3. The first-order valence-electron chi connectivity index (χ1n) is 11.8. The maximum Gasteiger partial charge on any atom is 0.311 e. The zero-order valence-corrected chi connectivity index (χ0v) is 20.2. The Hall–Kier alpha value is -2.71. The van der Waals surface area contributed by atoms with Gasteiger partial charge in [-0.25, -0.2) is 8.78 Å². The molecule has 0 unspecified atom stereocenters. The van der Waals surface area contributed by atoms with E-state index in [1.165, 1.54) is 17.7 Å². The Balaban J connectivity index is 2.00. The molecule has 3 rings (SSSR count). The van der Waals surface area contributed by atoms with Crippen LogP contribution in [0.5, 0.6) is 11.5 Å². The molecule has 0 amide bonds. The lowest BCUT2D eigenvalue weighted by molar-refractivity contribution is -0.757. The lowest BCUT2D eigenvalue weighted by Crippen LogP contribution is -2.45. The van der Waals surface area contributed by atoms with Gasteiger partial charge in [0.15, 0.2) is 0 Å². The third-order valence-corrected chi connectivity index (χ3v) is 6.66. The second kappa shape index (κ2) is 10.3. The van der Waals surface area contributed by atoms with E-state index in [1.54, 1.807) is 0 Å². The number of allylic oxidation sites excluding steroid dienone is 2. The molecule has 1 aromatic rings. The summed E-state index contributed by atoms with van der Waals surface area (Å²) in [5.41, 5.74) is 0.975. The maximum absolute atomic E-state index is 15.1. The fourth-order valence-electron chi connectivity index (χ4n) is 4.87. The van der Waals surface area contributed by atoms with Gasteiger partial charge in [0.1, 0.15) is 17.1 Å². The van der Waals surface area contributed by atoms with Crippen molar-refractivity contribution in [1.29, 1.82) is 0 Å². The normalized spacial score (nSPS) is 20.9. The second-order valence-electron chi connectivity index (χ2n) is 9.72. The number of nitrogens with zero attached hydrogens (tertiary/aromatic N) is 1. The van der Waals surface area contributed by atoms with E-state index in [0.29, 0.717) is 24.2 Å². The van der Waals surface area contributed by atoms with Gasteiger partial charge < -0.3 is 14.3 Å². The van der Waals surface area contributed by atoms with E-state index in [-0.39, 0.29) is 49.0 Å². The summed E-state index contributed by atoms with van der Waals surface area (Å²) in [5, 5.41) is 9.36. The van der Waals surface area contributed by atoms with Crippen molar-refractivity contribution in [1.82, 2.24) is 0 Å². The second-order valence-corrected chi connectivity index (χ2v) is 9.72. The average Bonchev–Trinajstić information content (AvgIpc) is 2.74. The topological polar surface area (TPSA) is 87.9 Å². The van der Waals surface area contributed by atoms with Crippen LogP contribution >= 0.6 is 0 Å². The molecule has 0 N–H and O–H groups in total. The molecule has 0 fully saturated rings. The van der Waals surface area contributed by atoms with E-state index >= 15 is 8.78 Å². The summed E-state index contributed by atoms with van der Waals surface area (Å²) in [4.78, 5) is 27.1. The Morgan fingerprint density at radius 1 is 1.32 bits per heavy atom. The van der Waals surface area contributed by atoms with Crippen molar-refractivity contribution in [3.05, 3.63) is 45.0 Å². The van der Waals surface area contributed by atoms with Crippen LogP contribution < -0.4 is 9.47 Å². The molecule has 1 aliphatic heterocycles. The lowest BCUT2D eigenvalue weighted by Gasteiger charge is -2.46. The van der Waals surface area contributed by atoms with Gasteiger partial charge in [-0.3, -0.25) is 4.79 Å². The van der Waals surface area contributed by atoms with E-state index in [2.05, 4.69) is 10.9 Å². The quantitative estimate of drug-likeness (QED) is 0.0950. The number of ether oxygens (including phenoxy) is 2. The molecule has 9 heteroatoms. The molecule has 7 nitrogen and oxygen atoms in total. The zero-order valence-electron chi connectivity index (χ0n) is 20.2. The Bertz CT molecular complexity index is 959. The first-order valence-corrected chi connectivity index (χ1v) is 11.8. The van der Waals surface area contributed by atoms with Crippen LogP contribution in [0, 0.1) is 16.0 Å². The van der Waals surface area contributed by atoms with Crippen molar-refractivity contribution in [3.63, 3.8) is 0 Å². The Labute approximate surface area is 198 Å². The molecular formula is C25H33F2NO6. The Morgan fingerprint density at radius 3 is 2.74 bits per heavy atom. The predicted octanol–water partition coefficient (Wildman–Crippen LogP) is 6.47. The molecule has 2 aliphatic rings. The third kappa shape index (κ3) is 5.85. The standard InChI is InChI=1S/C25H33F2NO6/c1-5-6-11-25(26,27)17-14-20(33-22(29)8-7-12-32-28(30)31)23-18-13-16(2)9-10-19(18)24(3,4)34-21(23)15-17/h13-15,18-19H,5-12H2,1-4H3/t18-,19-/m1/s1. The monoisotopic (exact) mass is 481 g/mol. The Kier molecular flexibility index (Phi) is 7.83. The Morgan fingerprint density at radius 2 is 2.06 bits per heavy atom. The van der Waals surface area contributed by atoms with Gasteiger partial charge in [-0.05, 0) is 58.6 Å². The van der Waals surface area contributed by atoms with E-state index in [1.807, 2.05) is 27.7 Å². The van der Waals surface area contributed by atoms with Crippen molar-refractivity contribution in [2.75, 3.05) is 6.61 Å². The lowest BCUT2D eigenvalue weighted by atomic mass is 9.68. The van der Waals surface area contributed by atoms with Gasteiger partial charge in [0.25, 0.3) is 11.0 Å². The number of carbonyl (C=O) groups is 1. The van der Waals surface area contributed by atoms with Crippen LogP contribution in [-0.2, 0) is 15.6 Å². The highest BCUT2D eigenvalue weighted by molar-refractivity contribution is 5.74. The smallest absolute Gasteiger partial charge is 0.311 e. The highest BCUT2D eigenvalue weighted by Crippen LogP contribution is 2.54. The average molecular weight is 482 g/mol. The van der Waals surface area contributed by atoms with Crippen LogP contribution in [0.1, 0.15) is 89.7 Å². The number of benzene rings is 1. The van der Waals surface area contributed by atoms with Gasteiger partial charge in [-0.2, -0.15) is 0 Å². The zero-order chi connectivity index (χ0) is 25.1. The molecule has 0 saturated heterocycles. The summed E-state index contributed by atoms with van der Waals surface area (Å²) < 4.78 is 42.0. The van der Waals surface area contributed by atoms with E-state index in [0.717, 1.165) is 12.8 Å². The number of hydrogen-bond donors (Lipinski definition) is 0. The molecule has 188 valence electrons. The van der Waals surface area contributed by atoms with Gasteiger partial charge in [0.2, 0.25) is 0 Å². The van der Waals surface area contributed by atoms with Gasteiger partial charge in [-0.15, -0.1) is 10.1 Å². The predicted molar refractivity (Wildman–Crippen MR) is 122 cm³/mol. The minimum absolute atomic E-state index is 0.0697. The number of unbranched alkanes of at least 4 members (excludes halogenated alkanes) is 1. The summed E-state index contributed by atoms with van der Waals surface area (Å²) in [6, 6.07) is 2.65. The summed E-state index contributed by atoms with van der Waals surface area (Å²) in [5.74, 6) is -3.42. The SMILES string of the molecule is CCCCC(F)(F)c1cc(OC(=O)CCCO[N+](=O)[O-])c2c(c1)OC(C)(C)[C@@H]1CCC(C)=C[C@@H]21. The van der Waals surface area contributed by atoms with E-state index in [9.17, 15) is 14.9 Å². The van der Waals surface area contributed by atoms with Crippen LogP contribution in [0.2, 0.25) is 0 Å². The maximum atomic E-state index is 15.1. The van der Waals surface area contributed by atoms with E-state index in [4.69, 9.17) is 9.47 Å². The van der Waals surface area contributed by atoms with Crippen LogP contribution in [0.3, 0.4) is 0 Å². The number of hydrogen-bond acceptors (Lipinski definition) is 6. The van der Waals surface area contributed by atoms with Crippen molar-refractivity contribution in [2.45, 2.75) is 90.1 Å². The number of carbonyl (C=O) groups excluding carboxylic acids is 1. The number of rotatable bonds is 10. The van der Waals surface area contributed by atoms with Gasteiger partial charge in [-0.1, -0.05) is 25.0 Å². The number of alkyl halides is 2. The molecule has 1 heterocycles. The largest absolute Gasteiger partial charge is 0.487 e. The molecular weight excluding hydrogens is 448 g/mol. The van der Waals surface area contributed by atoms with E-state index < -0.39 is 22.6 Å². The molecule has 0 spiro atoms. The fraction of sp³-hybridized carbons (Fsp3) is 0.640. The summed E-state index contributed by atoms with van der Waals surface area (Å²) in [7, 11) is 0. The molecule has 34 heavy (non-hydrogen) atoms. The molecule has 1 aliphatic carbocycles. The third-order valence-electron chi connectivity index (χ3n) is 6.66.